The third-order valence-electron chi connectivity index (χ3n) is 10.8. The van der Waals surface area contributed by atoms with Crippen molar-refractivity contribution in [2.45, 2.75) is 88.2 Å². The van der Waals surface area contributed by atoms with Crippen molar-refractivity contribution in [1.82, 2.24) is 9.80 Å². The number of rotatable bonds is 8. The van der Waals surface area contributed by atoms with Gasteiger partial charge in [0.25, 0.3) is 0 Å². The van der Waals surface area contributed by atoms with Crippen molar-refractivity contribution in [3.63, 3.8) is 0 Å². The van der Waals surface area contributed by atoms with Crippen LogP contribution >= 0.6 is 23.2 Å². The van der Waals surface area contributed by atoms with Crippen molar-refractivity contribution in [1.29, 1.82) is 0 Å². The molecule has 4 aliphatic heterocycles. The molecular formula is C37H44Cl2N2O2. The van der Waals surface area contributed by atoms with Gasteiger partial charge >= 0.3 is 0 Å². The molecule has 2 atom stereocenters. The Labute approximate surface area is 267 Å². The van der Waals surface area contributed by atoms with E-state index in [0.29, 0.717) is 23.0 Å². The second kappa shape index (κ2) is 12.1. The Morgan fingerprint density at radius 2 is 1.65 bits per heavy atom. The number of hydrogen-bond donors (Lipinski definition) is 0. The number of benzene rings is 3. The lowest BCUT2D eigenvalue weighted by atomic mass is 9.49. The van der Waals surface area contributed by atoms with Crippen molar-refractivity contribution in [3.05, 3.63) is 99.5 Å². The van der Waals surface area contributed by atoms with Crippen LogP contribution in [0.1, 0.15) is 76.0 Å². The van der Waals surface area contributed by atoms with E-state index in [4.69, 9.17) is 27.9 Å². The van der Waals surface area contributed by atoms with Crippen LogP contribution in [0.25, 0.3) is 0 Å². The van der Waals surface area contributed by atoms with Crippen LogP contribution < -0.4 is 4.74 Å². The third kappa shape index (κ3) is 5.49. The first-order chi connectivity index (χ1) is 20.7. The molecule has 4 heterocycles. The minimum Gasteiger partial charge on any atom is -0.491 e. The maximum atomic E-state index is 14.1. The SMILES string of the molecule is CCC1(C2(c3ccc(Cl)c(Cl)c3)CCCN(C(=O)Cc3cccc(OC(C)C)c3)C2)CC2(c3ccccc3)CCN1CC2. The van der Waals surface area contributed by atoms with E-state index >= 15 is 0 Å². The van der Waals surface area contributed by atoms with Gasteiger partial charge in [-0.15, -0.1) is 0 Å². The van der Waals surface area contributed by atoms with Crippen LogP contribution in [0.4, 0.5) is 0 Å². The van der Waals surface area contributed by atoms with Crippen molar-refractivity contribution < 1.29 is 9.53 Å². The van der Waals surface area contributed by atoms with Gasteiger partial charge in [0.15, 0.2) is 0 Å². The Hall–Kier alpha value is -2.53. The molecule has 6 heteroatoms. The van der Waals surface area contributed by atoms with Gasteiger partial charge in [0.05, 0.1) is 22.6 Å². The van der Waals surface area contributed by atoms with E-state index in [9.17, 15) is 4.79 Å². The minimum absolute atomic E-state index is 0.0881. The number of likely N-dealkylation sites (tertiary alicyclic amines) is 1. The van der Waals surface area contributed by atoms with Crippen LogP contribution in [0, 0.1) is 0 Å². The van der Waals surface area contributed by atoms with E-state index in [-0.39, 0.29) is 28.4 Å². The number of hydrogen-bond acceptors (Lipinski definition) is 3. The Kier molecular flexibility index (Phi) is 8.58. The van der Waals surface area contributed by atoms with Crippen molar-refractivity contribution >= 4 is 29.1 Å². The summed E-state index contributed by atoms with van der Waals surface area (Å²) in [5.41, 5.74) is 3.42. The summed E-state index contributed by atoms with van der Waals surface area (Å²) in [5.74, 6) is 0.983. The summed E-state index contributed by atoms with van der Waals surface area (Å²) < 4.78 is 5.92. The van der Waals surface area contributed by atoms with Gasteiger partial charge < -0.3 is 9.64 Å². The van der Waals surface area contributed by atoms with Crippen LogP contribution in [0.5, 0.6) is 5.75 Å². The predicted molar refractivity (Wildman–Crippen MR) is 176 cm³/mol. The molecule has 3 aromatic rings. The second-order valence-corrected chi connectivity index (χ2v) is 14.1. The topological polar surface area (TPSA) is 32.8 Å². The Morgan fingerprint density at radius 1 is 0.884 bits per heavy atom. The number of carbonyl (C=O) groups excluding carboxylic acids is 1. The molecule has 3 aromatic carbocycles. The highest BCUT2D eigenvalue weighted by Gasteiger charge is 2.63. The zero-order valence-corrected chi connectivity index (χ0v) is 27.3. The standard InChI is InChI=1S/C37H44Cl2N2O2/c1-4-37(25-35(17-20-41(37)21-18-35)29-11-6-5-7-12-29)36(30-14-15-32(38)33(39)24-30)16-9-19-40(26-36)34(42)23-28-10-8-13-31(22-28)43-27(2)3/h5-8,10-15,22,24,27H,4,9,16-21,23,25-26H2,1-3H3. The molecule has 43 heavy (non-hydrogen) atoms. The van der Waals surface area contributed by atoms with Gasteiger partial charge in [-0.2, -0.15) is 0 Å². The lowest BCUT2D eigenvalue weighted by Crippen LogP contribution is -2.74. The Balaban J connectivity index is 1.39. The molecular weight excluding hydrogens is 575 g/mol. The van der Waals surface area contributed by atoms with Gasteiger partial charge in [0, 0.05) is 24.0 Å². The number of nitrogens with zero attached hydrogens (tertiary/aromatic N) is 2. The smallest absolute Gasteiger partial charge is 0.227 e. The van der Waals surface area contributed by atoms with Crippen LogP contribution in [0.2, 0.25) is 10.0 Å². The summed E-state index contributed by atoms with van der Waals surface area (Å²) in [7, 11) is 0. The highest BCUT2D eigenvalue weighted by molar-refractivity contribution is 6.42. The number of carbonyl (C=O) groups is 1. The third-order valence-corrected chi connectivity index (χ3v) is 11.5. The van der Waals surface area contributed by atoms with Gasteiger partial charge in [-0.3, -0.25) is 9.69 Å². The van der Waals surface area contributed by atoms with Crippen LogP contribution in [-0.2, 0) is 22.0 Å². The summed E-state index contributed by atoms with van der Waals surface area (Å²) in [6.07, 6.45) is 6.86. The summed E-state index contributed by atoms with van der Waals surface area (Å²) >= 11 is 13.2. The lowest BCUT2D eigenvalue weighted by Gasteiger charge is -2.68. The molecule has 7 rings (SSSR count). The lowest BCUT2D eigenvalue weighted by molar-refractivity contribution is -0.141. The Bertz CT molecular complexity index is 1450. The van der Waals surface area contributed by atoms with Crippen molar-refractivity contribution in [2.24, 2.45) is 0 Å². The first-order valence-corrected chi connectivity index (χ1v) is 16.8. The predicted octanol–water partition coefficient (Wildman–Crippen LogP) is 8.47. The molecule has 0 N–H and O–H groups in total. The maximum absolute atomic E-state index is 14.1. The van der Waals surface area contributed by atoms with E-state index in [1.54, 1.807) is 0 Å². The monoisotopic (exact) mass is 618 g/mol. The largest absolute Gasteiger partial charge is 0.491 e. The average molecular weight is 620 g/mol. The van der Waals surface area contributed by atoms with Crippen LogP contribution in [0.15, 0.2) is 72.8 Å². The number of amides is 1. The molecule has 0 radical (unpaired) electrons. The summed E-state index contributed by atoms with van der Waals surface area (Å²) in [6, 6.07) is 25.4. The zero-order valence-electron chi connectivity index (χ0n) is 25.8. The van der Waals surface area contributed by atoms with Crippen LogP contribution in [0.3, 0.4) is 0 Å². The zero-order chi connectivity index (χ0) is 30.2. The van der Waals surface area contributed by atoms with E-state index in [2.05, 4.69) is 59.2 Å². The van der Waals surface area contributed by atoms with Crippen molar-refractivity contribution in [2.75, 3.05) is 26.2 Å². The van der Waals surface area contributed by atoms with Gasteiger partial charge in [0.2, 0.25) is 5.91 Å². The molecule has 0 spiro atoms. The summed E-state index contributed by atoms with van der Waals surface area (Å²) in [4.78, 5) is 19.0. The molecule has 2 bridgehead atoms. The highest BCUT2D eigenvalue weighted by Crippen LogP contribution is 2.60. The normalized spacial score (nSPS) is 28.7. The van der Waals surface area contributed by atoms with Gasteiger partial charge in [0.1, 0.15) is 5.75 Å². The molecule has 0 saturated carbocycles. The summed E-state index contributed by atoms with van der Waals surface area (Å²) in [5, 5.41) is 1.16. The fraction of sp³-hybridized carbons (Fsp3) is 0.486. The molecule has 0 aliphatic carbocycles. The van der Waals surface area contributed by atoms with Gasteiger partial charge in [-0.1, -0.05) is 78.7 Å². The fourth-order valence-corrected chi connectivity index (χ4v) is 9.08. The maximum Gasteiger partial charge on any atom is 0.227 e. The fourth-order valence-electron chi connectivity index (χ4n) is 8.79. The minimum atomic E-state index is -0.270. The Morgan fingerprint density at radius 3 is 2.35 bits per heavy atom. The summed E-state index contributed by atoms with van der Waals surface area (Å²) in [6.45, 7) is 10.0. The van der Waals surface area contributed by atoms with Gasteiger partial charge in [-0.05, 0) is 112 Å². The quantitative estimate of drug-likeness (QED) is 0.254. The number of piperidine rings is 4. The van der Waals surface area contributed by atoms with Crippen LogP contribution in [-0.4, -0.2) is 53.5 Å². The molecule has 2 unspecified atom stereocenters. The number of fused-ring (bicyclic) bond motifs is 3. The molecule has 4 nitrogen and oxygen atoms in total. The first-order valence-electron chi connectivity index (χ1n) is 16.0. The van der Waals surface area contributed by atoms with E-state index in [0.717, 1.165) is 56.6 Å². The number of halogens is 2. The first kappa shape index (κ1) is 30.5. The average Bonchev–Trinajstić information content (AvgIpc) is 3.03. The van der Waals surface area contributed by atoms with Gasteiger partial charge in [-0.25, -0.2) is 0 Å². The number of ether oxygens (including phenoxy) is 1. The molecule has 4 aliphatic rings. The molecule has 4 fully saturated rings. The second-order valence-electron chi connectivity index (χ2n) is 13.3. The molecule has 0 aromatic heterocycles. The molecule has 1 amide bonds. The highest BCUT2D eigenvalue weighted by atomic mass is 35.5. The molecule has 4 saturated heterocycles. The van der Waals surface area contributed by atoms with Crippen molar-refractivity contribution in [3.8, 4) is 5.75 Å². The van der Waals surface area contributed by atoms with E-state index in [1.807, 2.05) is 44.2 Å². The molecule has 228 valence electrons. The van der Waals surface area contributed by atoms with E-state index < -0.39 is 0 Å². The van der Waals surface area contributed by atoms with E-state index in [1.165, 1.54) is 24.0 Å².